The third kappa shape index (κ3) is 4.80. The molecule has 1 aromatic heterocycles. The maximum atomic E-state index is 12.6. The van der Waals surface area contributed by atoms with Crippen LogP contribution in [0, 0.1) is 0 Å². The zero-order valence-corrected chi connectivity index (χ0v) is 18.7. The molecule has 2 aliphatic rings. The van der Waals surface area contributed by atoms with Crippen LogP contribution in [0.25, 0.3) is 0 Å². The molecular formula is C21H28N6O3S. The number of fused-ring (bicyclic) bond motifs is 2. The normalized spacial score (nSPS) is 14.9. The highest BCUT2D eigenvalue weighted by atomic mass is 32.2. The first-order chi connectivity index (χ1) is 14.8. The minimum absolute atomic E-state index is 0.163. The van der Waals surface area contributed by atoms with E-state index in [2.05, 4.69) is 31.4 Å². The summed E-state index contributed by atoms with van der Waals surface area (Å²) in [4.78, 5) is 22.5. The number of benzene rings is 1. The average Bonchev–Trinajstić information content (AvgIpc) is 3.37. The van der Waals surface area contributed by atoms with Gasteiger partial charge >= 0.3 is 6.03 Å². The highest BCUT2D eigenvalue weighted by molar-refractivity contribution is 7.90. The summed E-state index contributed by atoms with van der Waals surface area (Å²) in [5.41, 5.74) is 5.62. The summed E-state index contributed by atoms with van der Waals surface area (Å²) in [7, 11) is -0.179. The molecule has 0 fully saturated rings. The number of urea groups is 1. The summed E-state index contributed by atoms with van der Waals surface area (Å²) < 4.78 is 27.4. The van der Waals surface area contributed by atoms with E-state index < -0.39 is 16.1 Å². The average molecular weight is 445 g/mol. The lowest BCUT2D eigenvalue weighted by atomic mass is 9.99. The van der Waals surface area contributed by atoms with E-state index in [1.54, 1.807) is 0 Å². The number of amides is 2. The number of carbonyl (C=O) groups is 1. The Bertz CT molecular complexity index is 1050. The highest BCUT2D eigenvalue weighted by Crippen LogP contribution is 2.38. The number of hydrogen-bond acceptors (Lipinski definition) is 7. The number of sulfonamides is 1. The molecule has 9 nitrogen and oxygen atoms in total. The summed E-state index contributed by atoms with van der Waals surface area (Å²) in [6.45, 7) is 1.42. The Labute approximate surface area is 182 Å². The van der Waals surface area contributed by atoms with Gasteiger partial charge in [0, 0.05) is 18.8 Å². The molecule has 166 valence electrons. The van der Waals surface area contributed by atoms with Crippen LogP contribution in [0.3, 0.4) is 0 Å². The summed E-state index contributed by atoms with van der Waals surface area (Å²) in [5.74, 6) is 0.334. The second kappa shape index (κ2) is 8.80. The van der Waals surface area contributed by atoms with E-state index in [9.17, 15) is 13.2 Å². The highest BCUT2D eigenvalue weighted by Gasteiger charge is 2.26. The van der Waals surface area contributed by atoms with Gasteiger partial charge in [-0.25, -0.2) is 27.9 Å². The molecule has 31 heavy (non-hydrogen) atoms. The van der Waals surface area contributed by atoms with Crippen molar-refractivity contribution < 1.29 is 13.2 Å². The quantitative estimate of drug-likeness (QED) is 0.597. The SMILES string of the molecule is CN(C)CCNc1ncc(S(=O)(=O)NC(=O)Nc2c3c(cc4c2CCC4)CCC3)cn1. The fourth-order valence-electron chi connectivity index (χ4n) is 4.22. The van der Waals surface area contributed by atoms with E-state index in [1.807, 2.05) is 19.0 Å². The van der Waals surface area contributed by atoms with Gasteiger partial charge in [0.15, 0.2) is 0 Å². The first kappa shape index (κ1) is 21.5. The predicted octanol–water partition coefficient (Wildman–Crippen LogP) is 1.94. The number of anilines is 2. The number of carbonyl (C=O) groups excluding carboxylic acids is 1. The second-order valence-electron chi connectivity index (χ2n) is 8.27. The van der Waals surface area contributed by atoms with Gasteiger partial charge in [0.25, 0.3) is 10.0 Å². The smallest absolute Gasteiger partial charge is 0.333 e. The Balaban J connectivity index is 1.44. The van der Waals surface area contributed by atoms with Gasteiger partial charge in [-0.1, -0.05) is 6.07 Å². The van der Waals surface area contributed by atoms with E-state index in [4.69, 9.17) is 0 Å². The van der Waals surface area contributed by atoms with Crippen LogP contribution in [0.2, 0.25) is 0 Å². The summed E-state index contributed by atoms with van der Waals surface area (Å²) >= 11 is 0. The molecule has 10 heteroatoms. The third-order valence-corrected chi connectivity index (χ3v) is 7.00. The standard InChI is InChI=1S/C21H28N6O3S/c1-27(2)10-9-22-20-23-12-16(13-24-20)31(29,30)26-21(28)25-19-17-7-3-5-14(17)11-15-6-4-8-18(15)19/h11-13H,3-10H2,1-2H3,(H,22,23,24)(H2,25,26,28). The molecule has 1 heterocycles. The third-order valence-electron chi connectivity index (χ3n) is 5.72. The molecule has 0 spiro atoms. The van der Waals surface area contributed by atoms with Crippen LogP contribution in [0.15, 0.2) is 23.4 Å². The Morgan fingerprint density at radius 1 is 1.03 bits per heavy atom. The zero-order chi connectivity index (χ0) is 22.0. The zero-order valence-electron chi connectivity index (χ0n) is 17.9. The molecule has 2 amide bonds. The lowest BCUT2D eigenvalue weighted by Crippen LogP contribution is -2.35. The molecule has 0 bridgehead atoms. The van der Waals surface area contributed by atoms with E-state index in [0.29, 0.717) is 12.5 Å². The van der Waals surface area contributed by atoms with Gasteiger partial charge in [-0.3, -0.25) is 0 Å². The van der Waals surface area contributed by atoms with E-state index in [0.717, 1.165) is 61.9 Å². The number of rotatable bonds is 7. The lowest BCUT2D eigenvalue weighted by Gasteiger charge is -2.16. The van der Waals surface area contributed by atoms with Crippen LogP contribution >= 0.6 is 0 Å². The van der Waals surface area contributed by atoms with Crippen LogP contribution in [0.5, 0.6) is 0 Å². The molecule has 2 aliphatic carbocycles. The van der Waals surface area contributed by atoms with Crippen molar-refractivity contribution in [2.24, 2.45) is 0 Å². The van der Waals surface area contributed by atoms with Crippen LogP contribution in [0.1, 0.15) is 35.1 Å². The summed E-state index contributed by atoms with van der Waals surface area (Å²) in [5, 5.41) is 5.85. The van der Waals surface area contributed by atoms with Gasteiger partial charge in [-0.05, 0) is 74.9 Å². The predicted molar refractivity (Wildman–Crippen MR) is 119 cm³/mol. The molecule has 0 saturated heterocycles. The topological polar surface area (TPSA) is 116 Å². The minimum atomic E-state index is -4.08. The van der Waals surface area contributed by atoms with Crippen LogP contribution in [0.4, 0.5) is 16.4 Å². The summed E-state index contributed by atoms with van der Waals surface area (Å²) in [6.07, 6.45) is 8.31. The minimum Gasteiger partial charge on any atom is -0.353 e. The molecule has 0 saturated carbocycles. The van der Waals surface area contributed by atoms with Crippen molar-refractivity contribution in [2.75, 3.05) is 37.8 Å². The maximum absolute atomic E-state index is 12.6. The van der Waals surface area contributed by atoms with Crippen molar-refractivity contribution in [1.82, 2.24) is 19.6 Å². The molecule has 2 aromatic rings. The monoisotopic (exact) mass is 444 g/mol. The second-order valence-corrected chi connectivity index (χ2v) is 9.95. The Morgan fingerprint density at radius 3 is 2.23 bits per heavy atom. The van der Waals surface area contributed by atoms with Gasteiger partial charge in [0.05, 0.1) is 12.4 Å². The molecule has 1 aromatic carbocycles. The molecule has 0 aliphatic heterocycles. The summed E-state index contributed by atoms with van der Waals surface area (Å²) in [6, 6.07) is 1.50. The Kier molecular flexibility index (Phi) is 6.10. The van der Waals surface area contributed by atoms with Gasteiger partial charge in [0.2, 0.25) is 5.95 Å². The molecule has 4 rings (SSSR count). The number of aromatic nitrogens is 2. The van der Waals surface area contributed by atoms with Crippen LogP contribution in [-0.4, -0.2) is 56.5 Å². The number of nitrogens with zero attached hydrogens (tertiary/aromatic N) is 3. The van der Waals surface area contributed by atoms with Gasteiger partial charge < -0.3 is 15.5 Å². The van der Waals surface area contributed by atoms with Gasteiger partial charge in [-0.15, -0.1) is 0 Å². The van der Waals surface area contributed by atoms with E-state index in [-0.39, 0.29) is 4.90 Å². The number of aryl methyl sites for hydroxylation is 2. The number of likely N-dealkylation sites (N-methyl/N-ethyl adjacent to an activating group) is 1. The molecule has 0 atom stereocenters. The van der Waals surface area contributed by atoms with Gasteiger partial charge in [-0.2, -0.15) is 0 Å². The lowest BCUT2D eigenvalue weighted by molar-refractivity contribution is 0.256. The first-order valence-electron chi connectivity index (χ1n) is 10.5. The van der Waals surface area contributed by atoms with Crippen molar-refractivity contribution in [2.45, 2.75) is 43.4 Å². The first-order valence-corrected chi connectivity index (χ1v) is 12.0. The number of nitrogens with one attached hydrogen (secondary N) is 3. The van der Waals surface area contributed by atoms with Crippen molar-refractivity contribution in [3.63, 3.8) is 0 Å². The fourth-order valence-corrected chi connectivity index (χ4v) is 5.02. The van der Waals surface area contributed by atoms with E-state index >= 15 is 0 Å². The Hall–Kier alpha value is -2.72. The van der Waals surface area contributed by atoms with Crippen LogP contribution in [-0.2, 0) is 35.7 Å². The molecule has 0 radical (unpaired) electrons. The molecular weight excluding hydrogens is 416 g/mol. The van der Waals surface area contributed by atoms with Crippen molar-refractivity contribution in [3.8, 4) is 0 Å². The van der Waals surface area contributed by atoms with Gasteiger partial charge in [0.1, 0.15) is 4.90 Å². The van der Waals surface area contributed by atoms with Crippen molar-refractivity contribution in [1.29, 1.82) is 0 Å². The van der Waals surface area contributed by atoms with E-state index in [1.165, 1.54) is 23.5 Å². The maximum Gasteiger partial charge on any atom is 0.333 e. The van der Waals surface area contributed by atoms with Crippen molar-refractivity contribution >= 4 is 27.7 Å². The Morgan fingerprint density at radius 2 is 1.65 bits per heavy atom. The van der Waals surface area contributed by atoms with Crippen LogP contribution < -0.4 is 15.4 Å². The largest absolute Gasteiger partial charge is 0.353 e. The number of hydrogen-bond donors (Lipinski definition) is 3. The van der Waals surface area contributed by atoms with Crippen molar-refractivity contribution in [3.05, 3.63) is 40.7 Å². The fraction of sp³-hybridized carbons (Fsp3) is 0.476. The molecule has 3 N–H and O–H groups in total. The molecule has 0 unspecified atom stereocenters.